The summed E-state index contributed by atoms with van der Waals surface area (Å²) in [6.45, 7) is 0.802. The first-order chi connectivity index (χ1) is 17.3. The lowest BCUT2D eigenvalue weighted by molar-refractivity contribution is -0.186. The highest BCUT2D eigenvalue weighted by atomic mass is 19.4. The van der Waals surface area contributed by atoms with E-state index >= 15 is 0 Å². The van der Waals surface area contributed by atoms with Crippen LogP contribution in [0.15, 0.2) is 35.4 Å². The van der Waals surface area contributed by atoms with Gasteiger partial charge in [-0.2, -0.15) is 26.3 Å². The van der Waals surface area contributed by atoms with Crippen molar-refractivity contribution in [2.45, 2.75) is 31.9 Å². The van der Waals surface area contributed by atoms with Crippen LogP contribution in [-0.2, 0) is 12.7 Å². The van der Waals surface area contributed by atoms with Crippen molar-refractivity contribution >= 4 is 22.6 Å². The summed E-state index contributed by atoms with van der Waals surface area (Å²) in [6.07, 6.45) is -6.89. The monoisotopic (exact) mass is 528 g/mol. The van der Waals surface area contributed by atoms with Crippen molar-refractivity contribution in [2.75, 3.05) is 31.6 Å². The molecule has 4 rings (SSSR count). The van der Waals surface area contributed by atoms with Gasteiger partial charge in [0, 0.05) is 39.4 Å². The highest BCUT2D eigenvalue weighted by Crippen LogP contribution is 2.33. The number of H-pyrrole nitrogens is 1. The smallest absolute Gasteiger partial charge is 0.367 e. The van der Waals surface area contributed by atoms with Gasteiger partial charge in [0.1, 0.15) is 17.3 Å². The zero-order valence-corrected chi connectivity index (χ0v) is 19.7. The van der Waals surface area contributed by atoms with Crippen LogP contribution in [0.25, 0.3) is 11.0 Å². The minimum atomic E-state index is -4.87. The number of pyridine rings is 3. The molecule has 0 spiro atoms. The van der Waals surface area contributed by atoms with Gasteiger partial charge in [0.05, 0.1) is 22.9 Å². The van der Waals surface area contributed by atoms with Crippen LogP contribution in [0.3, 0.4) is 0 Å². The van der Waals surface area contributed by atoms with E-state index in [1.807, 2.05) is 0 Å². The Balaban J connectivity index is 1.57. The number of piperazine rings is 1. The SMILES string of the molecule is CNC(=O)c1ccc(N2CCN(Cc3cnc4c(C)c(C(F)(F)F)c(=O)[nH]c4c3)C(C(F)(F)F)C2)cn1. The number of hydrogen-bond donors (Lipinski definition) is 2. The number of fused-ring (bicyclic) bond motifs is 1. The van der Waals surface area contributed by atoms with Crippen molar-refractivity contribution in [3.63, 3.8) is 0 Å². The second-order valence-electron chi connectivity index (χ2n) is 8.65. The first kappa shape index (κ1) is 26.4. The van der Waals surface area contributed by atoms with Crippen LogP contribution in [0.2, 0.25) is 0 Å². The van der Waals surface area contributed by atoms with Gasteiger partial charge in [-0.3, -0.25) is 19.5 Å². The molecule has 1 saturated heterocycles. The number of aromatic amines is 1. The Hall–Kier alpha value is -3.68. The Morgan fingerprint density at radius 1 is 1.14 bits per heavy atom. The van der Waals surface area contributed by atoms with Crippen molar-refractivity contribution in [1.29, 1.82) is 0 Å². The Labute approximate surface area is 206 Å². The van der Waals surface area contributed by atoms with Crippen LogP contribution < -0.4 is 15.8 Å². The number of halogens is 6. The van der Waals surface area contributed by atoms with Gasteiger partial charge in [0.2, 0.25) is 0 Å². The summed E-state index contributed by atoms with van der Waals surface area (Å²) in [5.74, 6) is -0.417. The predicted molar refractivity (Wildman–Crippen MR) is 122 cm³/mol. The number of rotatable bonds is 4. The van der Waals surface area contributed by atoms with Gasteiger partial charge in [-0.05, 0) is 36.2 Å². The first-order valence-electron chi connectivity index (χ1n) is 11.1. The summed E-state index contributed by atoms with van der Waals surface area (Å²) in [4.78, 5) is 36.6. The van der Waals surface area contributed by atoms with Crippen LogP contribution in [0, 0.1) is 6.92 Å². The maximum Gasteiger partial charge on any atom is 0.422 e. The number of carbonyl (C=O) groups is 1. The number of hydrogen-bond acceptors (Lipinski definition) is 6. The number of aromatic nitrogens is 3. The normalized spacial score (nSPS) is 17.3. The van der Waals surface area contributed by atoms with Crippen molar-refractivity contribution in [3.05, 3.63) is 63.3 Å². The molecule has 1 amide bonds. The molecule has 0 aromatic carbocycles. The molecule has 1 aliphatic rings. The zero-order valence-electron chi connectivity index (χ0n) is 19.7. The van der Waals surface area contributed by atoms with E-state index < -0.39 is 42.0 Å². The zero-order chi connectivity index (χ0) is 27.1. The van der Waals surface area contributed by atoms with E-state index in [4.69, 9.17) is 0 Å². The fraction of sp³-hybridized carbons (Fsp3) is 0.391. The van der Waals surface area contributed by atoms with Crippen LogP contribution in [0.5, 0.6) is 0 Å². The quantitative estimate of drug-likeness (QED) is 0.505. The third-order valence-corrected chi connectivity index (χ3v) is 6.26. The Morgan fingerprint density at radius 2 is 1.86 bits per heavy atom. The van der Waals surface area contributed by atoms with Gasteiger partial charge in [-0.15, -0.1) is 0 Å². The molecule has 0 bridgehead atoms. The summed E-state index contributed by atoms with van der Waals surface area (Å²) >= 11 is 0. The number of nitrogens with zero attached hydrogens (tertiary/aromatic N) is 4. The second kappa shape index (κ2) is 9.65. The molecule has 4 heterocycles. The summed E-state index contributed by atoms with van der Waals surface area (Å²) in [6, 6.07) is 2.44. The third-order valence-electron chi connectivity index (χ3n) is 6.26. The molecule has 0 radical (unpaired) electrons. The topological polar surface area (TPSA) is 94.2 Å². The van der Waals surface area contributed by atoms with Crippen LogP contribution in [0.1, 0.15) is 27.2 Å². The molecule has 8 nitrogen and oxygen atoms in total. The lowest BCUT2D eigenvalue weighted by Gasteiger charge is -2.43. The Morgan fingerprint density at radius 3 is 2.46 bits per heavy atom. The number of amides is 1. The standard InChI is InChI=1S/C23H22F6N6O2/c1-12-18(23(27,28)29)21(37)33-16-7-13(8-32-19(12)16)10-35-6-5-34(11-17(35)22(24,25)26)14-3-4-15(31-9-14)20(36)30-2/h3-4,7-9,17H,5-6,10-11H2,1-2H3,(H,30,36)(H,33,37). The fourth-order valence-electron chi connectivity index (χ4n) is 4.43. The van der Waals surface area contributed by atoms with Gasteiger partial charge in [-0.25, -0.2) is 4.98 Å². The van der Waals surface area contributed by atoms with Crippen molar-refractivity contribution in [1.82, 2.24) is 25.2 Å². The van der Waals surface area contributed by atoms with Crippen LogP contribution in [-0.4, -0.2) is 64.7 Å². The number of anilines is 1. The molecular weight excluding hydrogens is 506 g/mol. The molecule has 2 N–H and O–H groups in total. The van der Waals surface area contributed by atoms with E-state index in [1.54, 1.807) is 0 Å². The molecule has 37 heavy (non-hydrogen) atoms. The van der Waals surface area contributed by atoms with E-state index in [9.17, 15) is 35.9 Å². The maximum absolute atomic E-state index is 14.0. The van der Waals surface area contributed by atoms with E-state index in [2.05, 4.69) is 20.3 Å². The number of carbonyl (C=O) groups excluding carboxylic acids is 1. The van der Waals surface area contributed by atoms with E-state index in [0.717, 1.165) is 6.92 Å². The molecule has 1 fully saturated rings. The fourth-order valence-corrected chi connectivity index (χ4v) is 4.43. The molecule has 1 aliphatic heterocycles. The Bertz CT molecular complexity index is 1370. The van der Waals surface area contributed by atoms with Gasteiger partial charge in [0.15, 0.2) is 0 Å². The molecule has 1 unspecified atom stereocenters. The molecule has 14 heteroatoms. The van der Waals surface area contributed by atoms with Gasteiger partial charge in [0.25, 0.3) is 11.5 Å². The summed E-state index contributed by atoms with van der Waals surface area (Å²) in [5.41, 5.74) is -2.24. The average molecular weight is 528 g/mol. The van der Waals surface area contributed by atoms with Gasteiger partial charge < -0.3 is 15.2 Å². The lowest BCUT2D eigenvalue weighted by Crippen LogP contribution is -2.58. The number of alkyl halides is 6. The van der Waals surface area contributed by atoms with Crippen molar-refractivity contribution in [3.8, 4) is 0 Å². The van der Waals surface area contributed by atoms with Gasteiger partial charge in [-0.1, -0.05) is 0 Å². The third kappa shape index (κ3) is 5.38. The van der Waals surface area contributed by atoms with E-state index in [-0.39, 0.29) is 41.9 Å². The molecule has 0 aliphatic carbocycles. The highest BCUT2D eigenvalue weighted by molar-refractivity contribution is 5.92. The van der Waals surface area contributed by atoms with E-state index in [1.165, 1.54) is 47.4 Å². The van der Waals surface area contributed by atoms with E-state index in [0.29, 0.717) is 11.3 Å². The van der Waals surface area contributed by atoms with Crippen LogP contribution >= 0.6 is 0 Å². The summed E-state index contributed by atoms with van der Waals surface area (Å²) in [5, 5.41) is 2.42. The molecule has 3 aromatic heterocycles. The predicted octanol–water partition coefficient (Wildman–Crippen LogP) is 3.26. The summed E-state index contributed by atoms with van der Waals surface area (Å²) in [7, 11) is 1.44. The average Bonchev–Trinajstić information content (AvgIpc) is 2.82. The number of aryl methyl sites for hydroxylation is 1. The minimum Gasteiger partial charge on any atom is -0.367 e. The second-order valence-corrected chi connectivity index (χ2v) is 8.65. The minimum absolute atomic E-state index is 0.0116. The highest BCUT2D eigenvalue weighted by Gasteiger charge is 2.46. The Kier molecular flexibility index (Phi) is 6.88. The molecule has 198 valence electrons. The molecule has 1 atom stereocenters. The largest absolute Gasteiger partial charge is 0.422 e. The molecule has 0 saturated carbocycles. The maximum atomic E-state index is 14.0. The van der Waals surface area contributed by atoms with Gasteiger partial charge >= 0.3 is 12.4 Å². The number of nitrogens with one attached hydrogen (secondary N) is 2. The molecular formula is C23H22F6N6O2. The van der Waals surface area contributed by atoms with Crippen molar-refractivity contribution in [2.24, 2.45) is 0 Å². The first-order valence-corrected chi connectivity index (χ1v) is 11.1. The lowest BCUT2D eigenvalue weighted by atomic mass is 10.1. The van der Waals surface area contributed by atoms with Crippen LogP contribution in [0.4, 0.5) is 32.0 Å². The van der Waals surface area contributed by atoms with Crippen molar-refractivity contribution < 1.29 is 31.1 Å². The molecule has 3 aromatic rings. The summed E-state index contributed by atoms with van der Waals surface area (Å²) < 4.78 is 81.7.